The predicted octanol–water partition coefficient (Wildman–Crippen LogP) is 1.11. The van der Waals surface area contributed by atoms with Crippen molar-refractivity contribution in [3.05, 3.63) is 30.3 Å². The predicted molar refractivity (Wildman–Crippen MR) is 95.4 cm³/mol. The summed E-state index contributed by atoms with van der Waals surface area (Å²) < 4.78 is 5.31. The minimum Gasteiger partial charge on any atom is -0.484 e. The Bertz CT molecular complexity index is 493. The number of hydrogen-bond acceptors (Lipinski definition) is 4. The number of hydrogen-bond donors (Lipinski definition) is 3. The molecule has 6 nitrogen and oxygen atoms in total. The second kappa shape index (κ2) is 11.7. The van der Waals surface area contributed by atoms with Crippen LogP contribution in [0.2, 0.25) is 0 Å². The number of ether oxygens (including phenoxy) is 1. The second-order valence-electron chi connectivity index (χ2n) is 5.73. The highest BCUT2D eigenvalue weighted by Gasteiger charge is 2.13. The van der Waals surface area contributed by atoms with Gasteiger partial charge in [0.05, 0.1) is 6.54 Å². The third-order valence-electron chi connectivity index (χ3n) is 3.83. The zero-order chi connectivity index (χ0) is 16.3. The molecule has 1 aliphatic heterocycles. The molecule has 0 aromatic heterocycles. The van der Waals surface area contributed by atoms with Gasteiger partial charge < -0.3 is 20.7 Å². The Morgan fingerprint density at radius 1 is 1.17 bits per heavy atom. The molecule has 0 bridgehead atoms. The second-order valence-corrected chi connectivity index (χ2v) is 5.73. The van der Waals surface area contributed by atoms with Crippen molar-refractivity contribution in [2.75, 3.05) is 32.8 Å². The summed E-state index contributed by atoms with van der Waals surface area (Å²) in [5.41, 5.74) is 0. The van der Waals surface area contributed by atoms with Crippen LogP contribution in [0.1, 0.15) is 19.3 Å². The molecule has 24 heavy (non-hydrogen) atoms. The van der Waals surface area contributed by atoms with Crippen LogP contribution in [0.5, 0.6) is 5.75 Å². The summed E-state index contributed by atoms with van der Waals surface area (Å²) in [6.07, 6.45) is 3.40. The van der Waals surface area contributed by atoms with E-state index in [9.17, 15) is 9.59 Å². The first-order valence-electron chi connectivity index (χ1n) is 8.16. The van der Waals surface area contributed by atoms with Crippen molar-refractivity contribution < 1.29 is 14.3 Å². The lowest BCUT2D eigenvalue weighted by Crippen LogP contribution is -2.40. The van der Waals surface area contributed by atoms with Gasteiger partial charge in [-0.25, -0.2) is 0 Å². The van der Waals surface area contributed by atoms with Gasteiger partial charge in [0.25, 0.3) is 5.91 Å². The molecule has 1 aliphatic rings. The van der Waals surface area contributed by atoms with Crippen molar-refractivity contribution in [1.82, 2.24) is 16.0 Å². The number of rotatable bonds is 8. The Labute approximate surface area is 149 Å². The molecule has 0 spiro atoms. The van der Waals surface area contributed by atoms with Crippen molar-refractivity contribution >= 4 is 24.2 Å². The maximum atomic E-state index is 11.7. The molecule has 0 radical (unpaired) electrons. The molecule has 1 fully saturated rings. The average molecular weight is 356 g/mol. The number of piperidine rings is 1. The SMILES string of the molecule is Cl.O=C(CNC(=O)COc1ccccc1)NCCC1CCCNC1. The highest BCUT2D eigenvalue weighted by Crippen LogP contribution is 2.12. The quantitative estimate of drug-likeness (QED) is 0.652. The summed E-state index contributed by atoms with van der Waals surface area (Å²) in [4.78, 5) is 23.3. The maximum Gasteiger partial charge on any atom is 0.258 e. The van der Waals surface area contributed by atoms with Crippen molar-refractivity contribution in [1.29, 1.82) is 0 Å². The van der Waals surface area contributed by atoms with Gasteiger partial charge in [0.2, 0.25) is 5.91 Å². The smallest absolute Gasteiger partial charge is 0.258 e. The molecule has 3 N–H and O–H groups in total. The highest BCUT2D eigenvalue weighted by molar-refractivity contribution is 5.85. The third kappa shape index (κ3) is 8.17. The Morgan fingerprint density at radius 2 is 1.96 bits per heavy atom. The van der Waals surface area contributed by atoms with E-state index in [0.717, 1.165) is 19.5 Å². The van der Waals surface area contributed by atoms with Crippen LogP contribution in [0.25, 0.3) is 0 Å². The van der Waals surface area contributed by atoms with E-state index in [4.69, 9.17) is 4.74 Å². The fraction of sp³-hybridized carbons (Fsp3) is 0.529. The van der Waals surface area contributed by atoms with Crippen LogP contribution in [0.3, 0.4) is 0 Å². The third-order valence-corrected chi connectivity index (χ3v) is 3.83. The molecule has 7 heteroatoms. The van der Waals surface area contributed by atoms with Crippen LogP contribution in [0.4, 0.5) is 0 Å². The van der Waals surface area contributed by atoms with E-state index in [-0.39, 0.29) is 37.4 Å². The first-order valence-corrected chi connectivity index (χ1v) is 8.16. The fourth-order valence-electron chi connectivity index (χ4n) is 2.54. The minimum atomic E-state index is -0.305. The van der Waals surface area contributed by atoms with Gasteiger partial charge in [-0.1, -0.05) is 18.2 Å². The fourth-order valence-corrected chi connectivity index (χ4v) is 2.54. The molecule has 1 heterocycles. The van der Waals surface area contributed by atoms with E-state index >= 15 is 0 Å². The first kappa shape index (κ1) is 20.3. The monoisotopic (exact) mass is 355 g/mol. The molecule has 0 aliphatic carbocycles. The number of para-hydroxylation sites is 1. The van der Waals surface area contributed by atoms with Crippen LogP contribution in [0.15, 0.2) is 30.3 Å². The molecule has 1 aromatic carbocycles. The van der Waals surface area contributed by atoms with Gasteiger partial charge in [0.1, 0.15) is 5.75 Å². The van der Waals surface area contributed by atoms with Crippen LogP contribution < -0.4 is 20.7 Å². The molecular formula is C17H26ClN3O3. The number of amides is 2. The van der Waals surface area contributed by atoms with Gasteiger partial charge in [-0.2, -0.15) is 0 Å². The number of carbonyl (C=O) groups is 2. The van der Waals surface area contributed by atoms with Crippen molar-refractivity contribution in [2.24, 2.45) is 5.92 Å². The zero-order valence-corrected chi connectivity index (χ0v) is 14.6. The molecular weight excluding hydrogens is 330 g/mol. The summed E-state index contributed by atoms with van der Waals surface area (Å²) >= 11 is 0. The summed E-state index contributed by atoms with van der Waals surface area (Å²) in [6.45, 7) is 2.68. The van der Waals surface area contributed by atoms with Crippen molar-refractivity contribution in [3.63, 3.8) is 0 Å². The maximum absolute atomic E-state index is 11.7. The van der Waals surface area contributed by atoms with Gasteiger partial charge in [-0.15, -0.1) is 12.4 Å². The number of benzene rings is 1. The van der Waals surface area contributed by atoms with E-state index in [1.165, 1.54) is 12.8 Å². The molecule has 1 atom stereocenters. The van der Waals surface area contributed by atoms with E-state index in [1.54, 1.807) is 12.1 Å². The first-order chi connectivity index (χ1) is 11.2. The van der Waals surface area contributed by atoms with Crippen LogP contribution in [-0.2, 0) is 9.59 Å². The minimum absolute atomic E-state index is 0. The van der Waals surface area contributed by atoms with Crippen molar-refractivity contribution in [3.8, 4) is 5.75 Å². The van der Waals surface area contributed by atoms with E-state index in [0.29, 0.717) is 18.2 Å². The van der Waals surface area contributed by atoms with E-state index in [2.05, 4.69) is 16.0 Å². The highest BCUT2D eigenvalue weighted by atomic mass is 35.5. The molecule has 2 amide bonds. The lowest BCUT2D eigenvalue weighted by Gasteiger charge is -2.22. The van der Waals surface area contributed by atoms with Gasteiger partial charge in [0, 0.05) is 6.54 Å². The zero-order valence-electron chi connectivity index (χ0n) is 13.8. The van der Waals surface area contributed by atoms with Gasteiger partial charge in [0.15, 0.2) is 6.61 Å². The van der Waals surface area contributed by atoms with Crippen molar-refractivity contribution in [2.45, 2.75) is 19.3 Å². The summed E-state index contributed by atoms with van der Waals surface area (Å²) in [6, 6.07) is 9.10. The number of halogens is 1. The van der Waals surface area contributed by atoms with E-state index in [1.807, 2.05) is 18.2 Å². The van der Waals surface area contributed by atoms with Crippen LogP contribution >= 0.6 is 12.4 Å². The lowest BCUT2D eigenvalue weighted by molar-refractivity contribution is -0.127. The van der Waals surface area contributed by atoms with Gasteiger partial charge in [-0.05, 0) is 50.4 Å². The van der Waals surface area contributed by atoms with Crippen LogP contribution in [0, 0.1) is 5.92 Å². The number of carbonyl (C=O) groups excluding carboxylic acids is 2. The molecule has 134 valence electrons. The summed E-state index contributed by atoms with van der Waals surface area (Å²) in [5, 5.41) is 8.75. The molecule has 1 unspecified atom stereocenters. The summed E-state index contributed by atoms with van der Waals surface area (Å²) in [7, 11) is 0. The van der Waals surface area contributed by atoms with Gasteiger partial charge >= 0.3 is 0 Å². The lowest BCUT2D eigenvalue weighted by atomic mass is 9.96. The molecule has 1 saturated heterocycles. The topological polar surface area (TPSA) is 79.5 Å². The number of nitrogens with one attached hydrogen (secondary N) is 3. The van der Waals surface area contributed by atoms with E-state index < -0.39 is 0 Å². The Kier molecular flexibility index (Phi) is 9.88. The molecule has 0 saturated carbocycles. The Balaban J connectivity index is 0.00000288. The standard InChI is InChI=1S/C17H25N3O3.ClH/c21-16(19-10-8-14-5-4-9-18-11-14)12-20-17(22)13-23-15-6-2-1-3-7-15;/h1-3,6-7,14,18H,4-5,8-13H2,(H,19,21)(H,20,22);1H. The van der Waals surface area contributed by atoms with Gasteiger partial charge in [-0.3, -0.25) is 9.59 Å². The normalized spacial score (nSPS) is 16.6. The Hall–Kier alpha value is -1.79. The molecule has 1 aromatic rings. The van der Waals surface area contributed by atoms with Crippen LogP contribution in [-0.4, -0.2) is 44.6 Å². The molecule has 2 rings (SSSR count). The average Bonchev–Trinajstić information content (AvgIpc) is 2.60. The summed E-state index contributed by atoms with van der Waals surface area (Å²) in [5.74, 6) is 0.799. The largest absolute Gasteiger partial charge is 0.484 e. The Morgan fingerprint density at radius 3 is 2.67 bits per heavy atom.